The van der Waals surface area contributed by atoms with Gasteiger partial charge in [-0.1, -0.05) is 11.8 Å². The number of imidazole rings is 1. The third-order valence-electron chi connectivity index (χ3n) is 4.05. The number of nitrogen functional groups attached to an aromatic ring is 1. The highest BCUT2D eigenvalue weighted by atomic mass is 32.2. The lowest BCUT2D eigenvalue weighted by Crippen LogP contribution is -2.33. The van der Waals surface area contributed by atoms with Crippen molar-refractivity contribution in [3.8, 4) is 0 Å². The lowest BCUT2D eigenvalue weighted by atomic mass is 10.1. The Morgan fingerprint density at radius 2 is 1.91 bits per heavy atom. The number of rotatable bonds is 9. The minimum atomic E-state index is -6.06. The molecule has 0 aromatic carbocycles. The Morgan fingerprint density at radius 3 is 2.52 bits per heavy atom. The molecule has 1 aliphatic rings. The van der Waals surface area contributed by atoms with E-state index in [1.807, 2.05) is 0 Å². The predicted octanol–water partition coefficient (Wildman–Crippen LogP) is -2.63. The minimum Gasteiger partial charge on any atom is -0.790 e. The Hall–Kier alpha value is -0.905. The molecule has 2 aromatic heterocycles. The highest BCUT2D eigenvalue weighted by molar-refractivity contribution is 7.98. The number of hydrogen-bond donors (Lipinski definition) is 3. The normalized spacial score (nSPS) is 27.5. The van der Waals surface area contributed by atoms with Gasteiger partial charge in [-0.25, -0.2) is 15.0 Å². The summed E-state index contributed by atoms with van der Waals surface area (Å²) in [5.41, 5.74) is 6.19. The van der Waals surface area contributed by atoms with Gasteiger partial charge in [0.25, 0.3) is 7.82 Å². The maximum absolute atomic E-state index is 12.0. The first-order valence-corrected chi connectivity index (χ1v) is 14.2. The van der Waals surface area contributed by atoms with Gasteiger partial charge in [0.05, 0.1) is 28.2 Å². The Morgan fingerprint density at radius 1 is 1.24 bits per heavy atom. The Kier molecular flexibility index (Phi) is 7.79. The Balaban J connectivity index is 1.73. The summed E-state index contributed by atoms with van der Waals surface area (Å²) in [6.45, 7) is -0.894. The van der Waals surface area contributed by atoms with Crippen LogP contribution in [0.3, 0.4) is 0 Å². The molecule has 1 fully saturated rings. The summed E-state index contributed by atoms with van der Waals surface area (Å²) in [5.74, 6) is 0.0576. The van der Waals surface area contributed by atoms with Crippen molar-refractivity contribution in [3.63, 3.8) is 0 Å². The SMILES string of the molecule is [B-]P(=O)(OC[C@H]1O[C@@H](n2cnc3c(N)nc(SC)nc32)[C@H](O)[C@H]1O)OP(=O)([O-])OP(=O)([O-])[O-]. The minimum absolute atomic E-state index is 0.0576. The van der Waals surface area contributed by atoms with Crippen molar-refractivity contribution < 1.29 is 56.5 Å². The Labute approximate surface area is 190 Å². The van der Waals surface area contributed by atoms with E-state index in [1.165, 1.54) is 22.7 Å². The van der Waals surface area contributed by atoms with Crippen LogP contribution in [0.15, 0.2) is 11.5 Å². The van der Waals surface area contributed by atoms with E-state index >= 15 is 0 Å². The lowest BCUT2D eigenvalue weighted by molar-refractivity contribution is -0.339. The van der Waals surface area contributed by atoms with Crippen LogP contribution in [-0.2, 0) is 31.6 Å². The van der Waals surface area contributed by atoms with Gasteiger partial charge in [0.1, 0.15) is 23.8 Å². The highest BCUT2D eigenvalue weighted by Gasteiger charge is 2.44. The Bertz CT molecular complexity index is 1180. The predicted molar refractivity (Wildman–Crippen MR) is 104 cm³/mol. The number of thioether (sulfide) groups is 1. The summed E-state index contributed by atoms with van der Waals surface area (Å²) >= 11 is 1.18. The molecule has 0 aliphatic carbocycles. The lowest BCUT2D eigenvalue weighted by Gasteiger charge is -2.39. The fourth-order valence-corrected chi connectivity index (χ4v) is 6.16. The third kappa shape index (κ3) is 6.41. The van der Waals surface area contributed by atoms with Gasteiger partial charge in [-0.05, 0) is 6.26 Å². The molecule has 2 aromatic rings. The quantitative estimate of drug-likeness (QED) is 0.126. The van der Waals surface area contributed by atoms with E-state index in [0.717, 1.165) is 0 Å². The largest absolute Gasteiger partial charge is 0.790 e. The van der Waals surface area contributed by atoms with Crippen LogP contribution in [0, 0.1) is 0 Å². The number of aliphatic hydroxyl groups is 2. The number of nitrogens with two attached hydrogens (primary N) is 1. The van der Waals surface area contributed by atoms with E-state index in [4.69, 9.17) is 18.0 Å². The molecular formula is C11H14BN5O12P3S-4. The van der Waals surface area contributed by atoms with Gasteiger partial charge < -0.3 is 56.6 Å². The first kappa shape index (κ1) is 26.7. The van der Waals surface area contributed by atoms with Gasteiger partial charge in [-0.15, -0.1) is 0 Å². The van der Waals surface area contributed by atoms with Gasteiger partial charge >= 0.3 is 0 Å². The van der Waals surface area contributed by atoms with E-state index in [0.29, 0.717) is 5.16 Å². The molecule has 17 nitrogen and oxygen atoms in total. The molecular weight excluding hydrogens is 530 g/mol. The molecule has 0 saturated carbocycles. The molecule has 4 N–H and O–H groups in total. The van der Waals surface area contributed by atoms with Crippen molar-refractivity contribution in [2.45, 2.75) is 29.7 Å². The van der Waals surface area contributed by atoms with E-state index in [2.05, 4.69) is 28.1 Å². The van der Waals surface area contributed by atoms with E-state index in [1.54, 1.807) is 6.26 Å². The van der Waals surface area contributed by atoms with Crippen LogP contribution in [0.2, 0.25) is 0 Å². The summed E-state index contributed by atoms with van der Waals surface area (Å²) in [6.07, 6.45) is -3.06. The number of anilines is 1. The van der Waals surface area contributed by atoms with Crippen molar-refractivity contribution in [2.75, 3.05) is 18.6 Å². The molecule has 6 atom stereocenters. The van der Waals surface area contributed by atoms with Crippen molar-refractivity contribution in [1.82, 2.24) is 19.5 Å². The third-order valence-corrected chi connectivity index (χ3v) is 8.42. The first-order chi connectivity index (χ1) is 15.1. The molecule has 3 radical (unpaired) electrons. The smallest absolute Gasteiger partial charge is 0.276 e. The zero-order chi connectivity index (χ0) is 24.8. The average molecular weight is 544 g/mol. The second-order valence-corrected chi connectivity index (χ2v) is 11.6. The number of aliphatic hydroxyl groups excluding tert-OH is 2. The standard InChI is InChI=1S/C11H17BN5O12P3S/c1-33-11-15-8(13)5-9(16-11)17(3-14-5)10-7(19)6(18)4(27-10)2-26-30(12,20)28-32(24,25)29-31(21,22)23/h3-4,6-7,10,18-19H,2H2,1H3,(H,24,25)(H2,13,15,16)(H2,21,22,23)/q-1/p-3/t4-,6+,7-,10-,30?/m1/s1. The zero-order valence-corrected chi connectivity index (χ0v) is 19.8. The summed E-state index contributed by atoms with van der Waals surface area (Å²) in [4.78, 5) is 44.4. The van der Waals surface area contributed by atoms with E-state index < -0.39 is 54.3 Å². The van der Waals surface area contributed by atoms with E-state index in [9.17, 15) is 38.6 Å². The number of fused-ring (bicyclic) bond motifs is 1. The monoisotopic (exact) mass is 544 g/mol. The van der Waals surface area contributed by atoms with Crippen LogP contribution >= 0.6 is 34.9 Å². The molecule has 3 heterocycles. The summed E-state index contributed by atoms with van der Waals surface area (Å²) < 4.78 is 52.0. The fraction of sp³-hybridized carbons (Fsp3) is 0.545. The number of nitrogens with zero attached hydrogens (tertiary/aromatic N) is 4. The van der Waals surface area contributed by atoms with Gasteiger partial charge in [0, 0.05) is 0 Å². The summed E-state index contributed by atoms with van der Waals surface area (Å²) in [6, 6.07) is 0. The molecule has 0 spiro atoms. The summed E-state index contributed by atoms with van der Waals surface area (Å²) in [5, 5.41) is 20.9. The van der Waals surface area contributed by atoms with Crippen LogP contribution in [0.5, 0.6) is 0 Å². The van der Waals surface area contributed by atoms with Crippen LogP contribution in [0.4, 0.5) is 5.82 Å². The van der Waals surface area contributed by atoms with Crippen LogP contribution < -0.4 is 20.4 Å². The topological polar surface area (TPSA) is 267 Å². The molecule has 1 aliphatic heterocycles. The van der Waals surface area contributed by atoms with Crippen molar-refractivity contribution in [1.29, 1.82) is 0 Å². The second kappa shape index (κ2) is 9.62. The molecule has 22 heteroatoms. The van der Waals surface area contributed by atoms with Gasteiger partial charge in [0.15, 0.2) is 22.8 Å². The van der Waals surface area contributed by atoms with Crippen molar-refractivity contribution in [3.05, 3.63) is 6.33 Å². The maximum atomic E-state index is 12.0. The van der Waals surface area contributed by atoms with Gasteiger partial charge in [0.2, 0.25) is 0 Å². The highest BCUT2D eigenvalue weighted by Crippen LogP contribution is 2.62. The molecule has 1 saturated heterocycles. The van der Waals surface area contributed by atoms with E-state index in [-0.39, 0.29) is 17.0 Å². The maximum Gasteiger partial charge on any atom is 0.276 e. The summed E-state index contributed by atoms with van der Waals surface area (Å²) in [7, 11) is -12.0. The molecule has 0 bridgehead atoms. The molecule has 2 unspecified atom stereocenters. The zero-order valence-electron chi connectivity index (χ0n) is 16.3. The average Bonchev–Trinajstić information content (AvgIpc) is 3.19. The molecule has 183 valence electrons. The molecule has 3 rings (SSSR count). The van der Waals surface area contributed by atoms with Crippen LogP contribution in [-0.4, -0.2) is 68.5 Å². The van der Waals surface area contributed by atoms with Gasteiger partial charge in [-0.2, -0.15) is 0 Å². The first-order valence-electron chi connectivity index (χ1n) is 8.47. The number of phosphoric acid groups is 2. The number of hydrogen-bond acceptors (Lipinski definition) is 17. The van der Waals surface area contributed by atoms with Gasteiger partial charge in [-0.3, -0.25) is 17.8 Å². The fourth-order valence-electron chi connectivity index (χ4n) is 2.77. The van der Waals surface area contributed by atoms with Crippen molar-refractivity contribution >= 4 is 59.4 Å². The molecule has 33 heavy (non-hydrogen) atoms. The number of ether oxygens (including phenoxy) is 1. The number of aromatic nitrogens is 4. The van der Waals surface area contributed by atoms with Crippen molar-refractivity contribution in [2.24, 2.45) is 0 Å². The van der Waals surface area contributed by atoms with Crippen LogP contribution in [0.1, 0.15) is 6.23 Å². The van der Waals surface area contributed by atoms with Crippen LogP contribution in [0.25, 0.3) is 11.2 Å². The molecule has 0 amide bonds. The second-order valence-electron chi connectivity index (χ2n) is 6.36.